The molecular formula is C8H14N2O2. The molecule has 1 aliphatic rings. The number of primary amides is 1. The lowest BCUT2D eigenvalue weighted by molar-refractivity contribution is -0.125. The molecule has 0 aromatic carbocycles. The first-order valence-electron chi connectivity index (χ1n) is 4.22. The molecule has 0 saturated carbocycles. The van der Waals surface area contributed by atoms with E-state index in [1.54, 1.807) is 0 Å². The largest absolute Gasteiger partial charge is 0.368 e. The van der Waals surface area contributed by atoms with Crippen molar-refractivity contribution in [2.24, 2.45) is 5.73 Å². The Bertz CT molecular complexity index is 182. The van der Waals surface area contributed by atoms with Crippen LogP contribution in [0.15, 0.2) is 0 Å². The molecule has 1 fully saturated rings. The molecule has 1 unspecified atom stereocenters. The zero-order valence-electron chi connectivity index (χ0n) is 7.03. The van der Waals surface area contributed by atoms with Crippen LogP contribution in [-0.4, -0.2) is 36.2 Å². The summed E-state index contributed by atoms with van der Waals surface area (Å²) in [5.74, 6) is -0.309. The van der Waals surface area contributed by atoms with Crippen LogP contribution in [0.25, 0.3) is 0 Å². The predicted molar refractivity (Wildman–Crippen MR) is 44.5 cm³/mol. The second kappa shape index (κ2) is 4.21. The van der Waals surface area contributed by atoms with E-state index in [0.717, 1.165) is 32.1 Å². The Morgan fingerprint density at radius 2 is 2.33 bits per heavy atom. The van der Waals surface area contributed by atoms with E-state index in [9.17, 15) is 9.59 Å². The van der Waals surface area contributed by atoms with Crippen LogP contribution in [0, 0.1) is 0 Å². The maximum atomic E-state index is 10.9. The monoisotopic (exact) mass is 170 g/mol. The average molecular weight is 170 g/mol. The van der Waals surface area contributed by atoms with Crippen molar-refractivity contribution in [1.29, 1.82) is 0 Å². The first-order chi connectivity index (χ1) is 5.75. The van der Waals surface area contributed by atoms with Crippen molar-refractivity contribution in [2.45, 2.75) is 25.3 Å². The van der Waals surface area contributed by atoms with E-state index in [2.05, 4.69) is 0 Å². The van der Waals surface area contributed by atoms with Crippen LogP contribution in [0.2, 0.25) is 0 Å². The molecular weight excluding hydrogens is 156 g/mol. The molecule has 4 nitrogen and oxygen atoms in total. The SMILES string of the molecule is NC(=O)C1CCCCN1CC=O. The molecule has 0 aromatic rings. The third-order valence-corrected chi connectivity index (χ3v) is 2.25. The minimum Gasteiger partial charge on any atom is -0.368 e. The number of aldehydes is 1. The molecule has 68 valence electrons. The van der Waals surface area contributed by atoms with E-state index < -0.39 is 0 Å². The van der Waals surface area contributed by atoms with Crippen LogP contribution in [-0.2, 0) is 9.59 Å². The fourth-order valence-corrected chi connectivity index (χ4v) is 1.63. The second-order valence-corrected chi connectivity index (χ2v) is 3.08. The van der Waals surface area contributed by atoms with Gasteiger partial charge in [-0.05, 0) is 19.4 Å². The summed E-state index contributed by atoms with van der Waals surface area (Å²) in [4.78, 5) is 23.0. The maximum absolute atomic E-state index is 10.9. The topological polar surface area (TPSA) is 63.4 Å². The van der Waals surface area contributed by atoms with Gasteiger partial charge in [0.1, 0.15) is 6.29 Å². The van der Waals surface area contributed by atoms with Gasteiger partial charge in [-0.25, -0.2) is 0 Å². The van der Waals surface area contributed by atoms with Crippen LogP contribution >= 0.6 is 0 Å². The molecule has 0 bridgehead atoms. The summed E-state index contributed by atoms with van der Waals surface area (Å²) in [7, 11) is 0. The third kappa shape index (κ3) is 2.04. The third-order valence-electron chi connectivity index (χ3n) is 2.25. The average Bonchev–Trinajstić information content (AvgIpc) is 2.05. The number of likely N-dealkylation sites (tertiary alicyclic amines) is 1. The molecule has 1 heterocycles. The summed E-state index contributed by atoms with van der Waals surface area (Å²) in [6.45, 7) is 1.14. The minimum absolute atomic E-state index is 0.219. The lowest BCUT2D eigenvalue weighted by atomic mass is 10.0. The lowest BCUT2D eigenvalue weighted by Crippen LogP contribution is -2.48. The fraction of sp³-hybridized carbons (Fsp3) is 0.750. The van der Waals surface area contributed by atoms with Gasteiger partial charge in [0.05, 0.1) is 12.6 Å². The number of nitrogens with zero attached hydrogens (tertiary/aromatic N) is 1. The van der Waals surface area contributed by atoms with Gasteiger partial charge in [-0.1, -0.05) is 6.42 Å². The summed E-state index contributed by atoms with van der Waals surface area (Å²) in [6, 6.07) is -0.219. The smallest absolute Gasteiger partial charge is 0.234 e. The van der Waals surface area contributed by atoms with E-state index in [-0.39, 0.29) is 11.9 Å². The molecule has 0 aromatic heterocycles. The summed E-state index contributed by atoms with van der Waals surface area (Å²) in [5, 5.41) is 0. The van der Waals surface area contributed by atoms with Gasteiger partial charge < -0.3 is 10.5 Å². The highest BCUT2D eigenvalue weighted by Gasteiger charge is 2.25. The molecule has 0 aliphatic carbocycles. The Morgan fingerprint density at radius 3 is 2.92 bits per heavy atom. The summed E-state index contributed by atoms with van der Waals surface area (Å²) in [5.41, 5.74) is 5.19. The first kappa shape index (κ1) is 9.19. The van der Waals surface area contributed by atoms with Crippen molar-refractivity contribution in [3.8, 4) is 0 Å². The normalized spacial score (nSPS) is 25.2. The quantitative estimate of drug-likeness (QED) is 0.582. The number of amides is 1. The molecule has 1 saturated heterocycles. The molecule has 1 rings (SSSR count). The number of rotatable bonds is 3. The fourth-order valence-electron chi connectivity index (χ4n) is 1.63. The zero-order valence-corrected chi connectivity index (χ0v) is 7.03. The Labute approximate surface area is 71.7 Å². The van der Waals surface area contributed by atoms with Gasteiger partial charge in [-0.2, -0.15) is 0 Å². The molecule has 1 aliphatic heterocycles. The lowest BCUT2D eigenvalue weighted by Gasteiger charge is -2.31. The Morgan fingerprint density at radius 1 is 1.58 bits per heavy atom. The highest BCUT2D eigenvalue weighted by molar-refractivity contribution is 5.80. The van der Waals surface area contributed by atoms with Gasteiger partial charge in [0.2, 0.25) is 5.91 Å². The molecule has 12 heavy (non-hydrogen) atoms. The van der Waals surface area contributed by atoms with Crippen molar-refractivity contribution < 1.29 is 9.59 Å². The van der Waals surface area contributed by atoms with Crippen molar-refractivity contribution in [2.75, 3.05) is 13.1 Å². The van der Waals surface area contributed by atoms with E-state index >= 15 is 0 Å². The van der Waals surface area contributed by atoms with Crippen molar-refractivity contribution in [3.05, 3.63) is 0 Å². The van der Waals surface area contributed by atoms with E-state index in [1.807, 2.05) is 4.90 Å². The molecule has 1 atom stereocenters. The Hall–Kier alpha value is -0.900. The molecule has 1 amide bonds. The van der Waals surface area contributed by atoms with Gasteiger partial charge in [-0.15, -0.1) is 0 Å². The van der Waals surface area contributed by atoms with Crippen LogP contribution < -0.4 is 5.73 Å². The molecule has 0 spiro atoms. The number of hydrogen-bond acceptors (Lipinski definition) is 3. The van der Waals surface area contributed by atoms with Crippen LogP contribution in [0.1, 0.15) is 19.3 Å². The van der Waals surface area contributed by atoms with Crippen LogP contribution in [0.3, 0.4) is 0 Å². The Balaban J connectivity index is 2.53. The summed E-state index contributed by atoms with van der Waals surface area (Å²) >= 11 is 0. The van der Waals surface area contributed by atoms with Gasteiger partial charge in [-0.3, -0.25) is 9.69 Å². The van der Waals surface area contributed by atoms with Gasteiger partial charge in [0.25, 0.3) is 0 Å². The standard InChI is InChI=1S/C8H14N2O2/c9-8(12)7-3-1-2-4-10(7)5-6-11/h6-7H,1-5H2,(H2,9,12). The van der Waals surface area contributed by atoms with Gasteiger partial charge in [0.15, 0.2) is 0 Å². The molecule has 0 radical (unpaired) electrons. The van der Waals surface area contributed by atoms with Crippen molar-refractivity contribution >= 4 is 12.2 Å². The highest BCUT2D eigenvalue weighted by atomic mass is 16.1. The van der Waals surface area contributed by atoms with Gasteiger partial charge >= 0.3 is 0 Å². The van der Waals surface area contributed by atoms with Crippen LogP contribution in [0.5, 0.6) is 0 Å². The number of hydrogen-bond donors (Lipinski definition) is 1. The molecule has 4 heteroatoms. The highest BCUT2D eigenvalue weighted by Crippen LogP contribution is 2.15. The van der Waals surface area contributed by atoms with Crippen LogP contribution in [0.4, 0.5) is 0 Å². The number of carbonyl (C=O) groups excluding carboxylic acids is 2. The van der Waals surface area contributed by atoms with E-state index in [1.165, 1.54) is 0 Å². The molecule has 2 N–H and O–H groups in total. The Kier molecular flexibility index (Phi) is 3.22. The van der Waals surface area contributed by atoms with Gasteiger partial charge in [0, 0.05) is 0 Å². The van der Waals surface area contributed by atoms with Crippen molar-refractivity contribution in [1.82, 2.24) is 4.90 Å². The van der Waals surface area contributed by atoms with E-state index in [4.69, 9.17) is 5.73 Å². The number of carbonyl (C=O) groups is 2. The second-order valence-electron chi connectivity index (χ2n) is 3.08. The number of nitrogens with two attached hydrogens (primary N) is 1. The van der Waals surface area contributed by atoms with Crippen molar-refractivity contribution in [3.63, 3.8) is 0 Å². The zero-order chi connectivity index (χ0) is 8.97. The van der Waals surface area contributed by atoms with E-state index in [0.29, 0.717) is 6.54 Å². The number of piperidine rings is 1. The summed E-state index contributed by atoms with van der Waals surface area (Å²) < 4.78 is 0. The maximum Gasteiger partial charge on any atom is 0.234 e. The predicted octanol–water partition coefficient (Wildman–Crippen LogP) is -0.475. The summed E-state index contributed by atoms with van der Waals surface area (Å²) in [6.07, 6.45) is 3.70. The minimum atomic E-state index is -0.309. The first-order valence-corrected chi connectivity index (χ1v) is 4.22.